The van der Waals surface area contributed by atoms with Crippen molar-refractivity contribution in [3.63, 3.8) is 0 Å². The Balaban J connectivity index is 0. The van der Waals surface area contributed by atoms with Crippen LogP contribution in [0.25, 0.3) is 0 Å². The van der Waals surface area contributed by atoms with Crippen LogP contribution in [0.3, 0.4) is 0 Å². The van der Waals surface area contributed by atoms with E-state index in [4.69, 9.17) is 5.73 Å². The van der Waals surface area contributed by atoms with Crippen molar-refractivity contribution in [2.45, 2.75) is 25.3 Å². The molecule has 1 aliphatic heterocycles. The second-order valence-corrected chi connectivity index (χ2v) is 3.50. The zero-order chi connectivity index (χ0) is 6.91. The maximum atomic E-state index is 5.93. The van der Waals surface area contributed by atoms with Crippen LogP contribution in [0.15, 0.2) is 0 Å². The van der Waals surface area contributed by atoms with Crippen molar-refractivity contribution >= 4 is 24.8 Å². The van der Waals surface area contributed by atoms with Gasteiger partial charge in [-0.25, -0.2) is 0 Å². The van der Waals surface area contributed by atoms with Gasteiger partial charge in [0, 0.05) is 12.1 Å². The molecule has 1 atom stereocenters. The van der Waals surface area contributed by atoms with E-state index in [1.54, 1.807) is 0 Å². The van der Waals surface area contributed by atoms with Crippen LogP contribution < -0.4 is 5.73 Å². The summed E-state index contributed by atoms with van der Waals surface area (Å²) < 4.78 is 0. The summed E-state index contributed by atoms with van der Waals surface area (Å²) in [5, 5.41) is 0. The van der Waals surface area contributed by atoms with Gasteiger partial charge in [-0.05, 0) is 33.4 Å². The van der Waals surface area contributed by atoms with E-state index in [1.807, 2.05) is 0 Å². The minimum Gasteiger partial charge on any atom is -0.324 e. The van der Waals surface area contributed by atoms with Gasteiger partial charge in [-0.15, -0.1) is 24.8 Å². The van der Waals surface area contributed by atoms with Crippen molar-refractivity contribution < 1.29 is 0 Å². The fraction of sp³-hybridized carbons (Fsp3) is 1.00. The minimum absolute atomic E-state index is 0. The van der Waals surface area contributed by atoms with Gasteiger partial charge in [0.05, 0.1) is 0 Å². The number of nitrogens with two attached hydrogens (primary N) is 1. The number of halogens is 2. The summed E-state index contributed by atoms with van der Waals surface area (Å²) in [6.07, 6.45) is 2.43. The molecule has 70 valence electrons. The fourth-order valence-corrected chi connectivity index (χ4v) is 1.53. The van der Waals surface area contributed by atoms with Crippen LogP contribution in [0.4, 0.5) is 0 Å². The van der Waals surface area contributed by atoms with Crippen molar-refractivity contribution in [3.8, 4) is 0 Å². The van der Waals surface area contributed by atoms with Crippen LogP contribution in [0.5, 0.6) is 0 Å². The van der Waals surface area contributed by atoms with Gasteiger partial charge in [-0.1, -0.05) is 0 Å². The smallest absolute Gasteiger partial charge is 0.0255 e. The molecule has 1 fully saturated rings. The van der Waals surface area contributed by atoms with E-state index in [9.17, 15) is 0 Å². The second kappa shape index (κ2) is 5.20. The van der Waals surface area contributed by atoms with Gasteiger partial charge < -0.3 is 10.6 Å². The number of nitrogens with zero attached hydrogens (tertiary/aromatic N) is 1. The predicted octanol–water partition coefficient (Wildman–Crippen LogP) is 1.27. The van der Waals surface area contributed by atoms with Crippen molar-refractivity contribution in [1.82, 2.24) is 4.90 Å². The lowest BCUT2D eigenvalue weighted by Gasteiger charge is -2.35. The Morgan fingerprint density at radius 3 is 2.18 bits per heavy atom. The molecule has 2 nitrogen and oxygen atoms in total. The molecule has 0 bridgehead atoms. The van der Waals surface area contributed by atoms with Crippen molar-refractivity contribution in [2.75, 3.05) is 20.1 Å². The molecule has 0 aromatic rings. The Hall–Kier alpha value is 0.500. The summed E-state index contributed by atoms with van der Waals surface area (Å²) in [6, 6.07) is 0. The summed E-state index contributed by atoms with van der Waals surface area (Å²) in [7, 11) is 2.13. The molecule has 0 amide bonds. The van der Waals surface area contributed by atoms with Crippen LogP contribution in [-0.4, -0.2) is 30.6 Å². The van der Waals surface area contributed by atoms with Gasteiger partial charge >= 0.3 is 0 Å². The molecule has 4 heteroatoms. The van der Waals surface area contributed by atoms with E-state index in [0.717, 1.165) is 6.54 Å². The van der Waals surface area contributed by atoms with E-state index in [-0.39, 0.29) is 30.4 Å². The Morgan fingerprint density at radius 1 is 1.36 bits per heavy atom. The Labute approximate surface area is 81.3 Å². The van der Waals surface area contributed by atoms with E-state index in [2.05, 4.69) is 18.9 Å². The first-order valence-corrected chi connectivity index (χ1v) is 3.58. The normalized spacial score (nSPS) is 31.9. The summed E-state index contributed by atoms with van der Waals surface area (Å²) in [5.74, 6) is 0. The van der Waals surface area contributed by atoms with Gasteiger partial charge in [-0.3, -0.25) is 0 Å². The summed E-state index contributed by atoms with van der Waals surface area (Å²) in [4.78, 5) is 2.30. The highest BCUT2D eigenvalue weighted by Gasteiger charge is 2.23. The fourth-order valence-electron chi connectivity index (χ4n) is 1.53. The highest BCUT2D eigenvalue weighted by molar-refractivity contribution is 5.85. The van der Waals surface area contributed by atoms with Crippen LogP contribution in [0, 0.1) is 0 Å². The number of hydrogen-bond acceptors (Lipinski definition) is 2. The number of piperidine rings is 1. The number of likely N-dealkylation sites (tertiary alicyclic amines) is 1. The molecule has 0 aromatic heterocycles. The van der Waals surface area contributed by atoms with Crippen LogP contribution in [0.2, 0.25) is 0 Å². The lowest BCUT2D eigenvalue weighted by Crippen LogP contribution is -2.50. The number of hydrogen-bond donors (Lipinski definition) is 1. The lowest BCUT2D eigenvalue weighted by atomic mass is 9.93. The first kappa shape index (κ1) is 14.0. The molecule has 0 aliphatic carbocycles. The third kappa shape index (κ3) is 4.86. The molecule has 0 aromatic carbocycles. The Bertz CT molecular complexity index is 107. The largest absolute Gasteiger partial charge is 0.324 e. The summed E-state index contributed by atoms with van der Waals surface area (Å²) >= 11 is 0. The second-order valence-electron chi connectivity index (χ2n) is 3.50. The third-order valence-corrected chi connectivity index (χ3v) is 1.92. The third-order valence-electron chi connectivity index (χ3n) is 1.92. The molecule has 1 rings (SSSR count). The number of rotatable bonds is 0. The Morgan fingerprint density at radius 2 is 1.91 bits per heavy atom. The maximum Gasteiger partial charge on any atom is 0.0255 e. The molecule has 1 heterocycles. The topological polar surface area (TPSA) is 29.3 Å². The molecular weight excluding hydrogens is 183 g/mol. The zero-order valence-corrected chi connectivity index (χ0v) is 8.80. The van der Waals surface area contributed by atoms with E-state index >= 15 is 0 Å². The molecule has 1 aliphatic rings. The first-order chi connectivity index (χ1) is 4.10. The van der Waals surface area contributed by atoms with E-state index in [1.165, 1.54) is 19.4 Å². The standard InChI is InChI=1S/C7H16N2.2ClH/c1-7(8)4-3-5-9(2)6-7;;/h3-6,8H2,1-2H3;2*1H. The summed E-state index contributed by atoms with van der Waals surface area (Å²) in [5.41, 5.74) is 6.00. The molecule has 11 heavy (non-hydrogen) atoms. The van der Waals surface area contributed by atoms with Gasteiger partial charge in [0.2, 0.25) is 0 Å². The minimum atomic E-state index is 0. The highest BCUT2D eigenvalue weighted by Crippen LogP contribution is 2.15. The van der Waals surface area contributed by atoms with E-state index in [0.29, 0.717) is 0 Å². The molecular formula is C7H18Cl2N2. The molecule has 0 saturated carbocycles. The zero-order valence-electron chi connectivity index (χ0n) is 7.17. The lowest BCUT2D eigenvalue weighted by molar-refractivity contribution is 0.192. The van der Waals surface area contributed by atoms with Crippen molar-refractivity contribution in [1.29, 1.82) is 0 Å². The molecule has 0 radical (unpaired) electrons. The van der Waals surface area contributed by atoms with Crippen molar-refractivity contribution in [2.24, 2.45) is 5.73 Å². The summed E-state index contributed by atoms with van der Waals surface area (Å²) in [6.45, 7) is 4.39. The van der Waals surface area contributed by atoms with Crippen molar-refractivity contribution in [3.05, 3.63) is 0 Å². The van der Waals surface area contributed by atoms with Gasteiger partial charge in [0.1, 0.15) is 0 Å². The van der Waals surface area contributed by atoms with E-state index < -0.39 is 0 Å². The molecule has 1 unspecified atom stereocenters. The predicted molar refractivity (Wildman–Crippen MR) is 53.8 cm³/mol. The van der Waals surface area contributed by atoms with Gasteiger partial charge in [0.25, 0.3) is 0 Å². The first-order valence-electron chi connectivity index (χ1n) is 3.58. The van der Waals surface area contributed by atoms with Crippen LogP contribution >= 0.6 is 24.8 Å². The quantitative estimate of drug-likeness (QED) is 0.639. The SMILES string of the molecule is CN1CCCC(C)(N)C1.Cl.Cl. The van der Waals surface area contributed by atoms with Crippen LogP contribution in [-0.2, 0) is 0 Å². The van der Waals surface area contributed by atoms with Gasteiger partial charge in [0.15, 0.2) is 0 Å². The average Bonchev–Trinajstić information content (AvgIpc) is 1.60. The van der Waals surface area contributed by atoms with Gasteiger partial charge in [-0.2, -0.15) is 0 Å². The highest BCUT2D eigenvalue weighted by atomic mass is 35.5. The maximum absolute atomic E-state index is 5.93. The molecule has 0 spiro atoms. The molecule has 1 saturated heterocycles. The Kier molecular flexibility index (Phi) is 6.64. The van der Waals surface area contributed by atoms with Crippen LogP contribution in [0.1, 0.15) is 19.8 Å². The number of likely N-dealkylation sites (N-methyl/N-ethyl adjacent to an activating group) is 1. The molecule has 2 N–H and O–H groups in total. The monoisotopic (exact) mass is 200 g/mol. The average molecular weight is 201 g/mol.